The molecule has 1 fully saturated rings. The zero-order chi connectivity index (χ0) is 19.0. The number of nitrogens with two attached hydrogens (primary N) is 1. The molecular formula is C16H29N3O5Si. The van der Waals surface area contributed by atoms with Crippen LogP contribution in [-0.4, -0.2) is 36.7 Å². The summed E-state index contributed by atoms with van der Waals surface area (Å²) in [5, 5.41) is 0.0462. The van der Waals surface area contributed by atoms with Crippen LogP contribution < -0.4 is 17.1 Å². The molecule has 0 unspecified atom stereocenters. The highest BCUT2D eigenvalue weighted by atomic mass is 28.4. The quantitative estimate of drug-likeness (QED) is 0.598. The predicted octanol–water partition coefficient (Wildman–Crippen LogP) is 1.41. The van der Waals surface area contributed by atoms with E-state index in [0.717, 1.165) is 0 Å². The topological polar surface area (TPSA) is 109 Å². The van der Waals surface area contributed by atoms with E-state index >= 15 is 0 Å². The molecular weight excluding hydrogens is 342 g/mol. The Bertz CT molecular complexity index is 722. The minimum atomic E-state index is -2.03. The summed E-state index contributed by atoms with van der Waals surface area (Å²) in [6, 6.07) is 0. The van der Waals surface area contributed by atoms with Gasteiger partial charge >= 0.3 is 5.69 Å². The van der Waals surface area contributed by atoms with E-state index in [2.05, 4.69) is 38.8 Å². The highest BCUT2D eigenvalue weighted by Gasteiger charge is 2.45. The summed E-state index contributed by atoms with van der Waals surface area (Å²) in [6.07, 6.45) is 0.877. The third-order valence-corrected chi connectivity index (χ3v) is 9.65. The Balaban J connectivity index is 2.27. The molecule has 3 atom stereocenters. The summed E-state index contributed by atoms with van der Waals surface area (Å²) >= 11 is 0. The number of nitrogens with one attached hydrogen (secondary N) is 1. The molecule has 1 aromatic heterocycles. The molecule has 9 heteroatoms. The molecule has 0 aromatic carbocycles. The van der Waals surface area contributed by atoms with E-state index in [-0.39, 0.29) is 23.9 Å². The van der Waals surface area contributed by atoms with Crippen LogP contribution in [0.1, 0.15) is 39.0 Å². The van der Waals surface area contributed by atoms with Gasteiger partial charge in [0.1, 0.15) is 12.3 Å². The minimum absolute atomic E-state index is 0.0462. The van der Waals surface area contributed by atoms with Crippen molar-refractivity contribution in [1.82, 2.24) is 9.55 Å². The summed E-state index contributed by atoms with van der Waals surface area (Å²) in [5.74, 6) is 5.24. The molecule has 8 nitrogen and oxygen atoms in total. The van der Waals surface area contributed by atoms with Gasteiger partial charge in [0.2, 0.25) is 0 Å². The molecule has 0 radical (unpaired) electrons. The van der Waals surface area contributed by atoms with E-state index in [0.29, 0.717) is 12.0 Å². The van der Waals surface area contributed by atoms with Crippen LogP contribution >= 0.6 is 0 Å². The van der Waals surface area contributed by atoms with Crippen molar-refractivity contribution in [3.05, 3.63) is 32.6 Å². The monoisotopic (exact) mass is 371 g/mol. The Morgan fingerprint density at radius 3 is 2.60 bits per heavy atom. The average Bonchev–Trinajstić information content (AvgIpc) is 2.84. The van der Waals surface area contributed by atoms with Crippen molar-refractivity contribution < 1.29 is 14.0 Å². The molecule has 1 saturated heterocycles. The number of rotatable bonds is 5. The van der Waals surface area contributed by atoms with E-state index in [9.17, 15) is 9.59 Å². The van der Waals surface area contributed by atoms with Crippen LogP contribution in [0.15, 0.2) is 15.8 Å². The molecule has 0 saturated carbocycles. The van der Waals surface area contributed by atoms with Gasteiger partial charge in [0.25, 0.3) is 5.56 Å². The third kappa shape index (κ3) is 4.29. The Kier molecular flexibility index (Phi) is 5.74. The van der Waals surface area contributed by atoms with Crippen molar-refractivity contribution >= 4 is 8.32 Å². The maximum Gasteiger partial charge on any atom is 0.330 e. The molecule has 25 heavy (non-hydrogen) atoms. The van der Waals surface area contributed by atoms with E-state index in [1.165, 1.54) is 10.8 Å². The van der Waals surface area contributed by atoms with Gasteiger partial charge in [0.05, 0.1) is 12.7 Å². The first-order valence-corrected chi connectivity index (χ1v) is 11.3. The van der Waals surface area contributed by atoms with Gasteiger partial charge in [-0.05, 0) is 25.1 Å². The zero-order valence-corrected chi connectivity index (χ0v) is 16.8. The summed E-state index contributed by atoms with van der Waals surface area (Å²) in [5.41, 5.74) is -0.445. The molecule has 0 aliphatic carbocycles. The van der Waals surface area contributed by atoms with Crippen LogP contribution in [0, 0.1) is 6.92 Å². The van der Waals surface area contributed by atoms with Crippen LogP contribution in [-0.2, 0) is 14.0 Å². The fraction of sp³-hybridized carbons (Fsp3) is 0.750. The number of ether oxygens (including phenoxy) is 1. The van der Waals surface area contributed by atoms with Crippen molar-refractivity contribution in [3.8, 4) is 0 Å². The summed E-state index contributed by atoms with van der Waals surface area (Å²) < 4.78 is 13.8. The van der Waals surface area contributed by atoms with Crippen LogP contribution in [0.2, 0.25) is 18.1 Å². The number of aromatic nitrogens is 2. The van der Waals surface area contributed by atoms with Crippen molar-refractivity contribution in [2.75, 3.05) is 6.61 Å². The second-order valence-corrected chi connectivity index (χ2v) is 12.8. The lowest BCUT2D eigenvalue weighted by molar-refractivity contribution is -0.0622. The van der Waals surface area contributed by atoms with Gasteiger partial charge in [0, 0.05) is 18.2 Å². The number of aromatic amines is 1. The number of aryl methyl sites for hydroxylation is 1. The summed E-state index contributed by atoms with van der Waals surface area (Å²) in [4.78, 5) is 30.8. The first-order chi connectivity index (χ1) is 11.5. The Morgan fingerprint density at radius 1 is 1.40 bits per heavy atom. The zero-order valence-electron chi connectivity index (χ0n) is 15.8. The molecule has 0 amide bonds. The molecule has 0 bridgehead atoms. The Morgan fingerprint density at radius 2 is 2.04 bits per heavy atom. The van der Waals surface area contributed by atoms with Crippen LogP contribution in [0.4, 0.5) is 0 Å². The van der Waals surface area contributed by atoms with E-state index in [1.807, 2.05) is 0 Å². The smallest absolute Gasteiger partial charge is 0.330 e. The highest BCUT2D eigenvalue weighted by molar-refractivity contribution is 6.74. The largest absolute Gasteiger partial charge is 0.411 e. The number of hydrogen-bond acceptors (Lipinski definition) is 6. The van der Waals surface area contributed by atoms with Gasteiger partial charge < -0.3 is 14.0 Å². The molecule has 142 valence electrons. The lowest BCUT2D eigenvalue weighted by Crippen LogP contribution is -2.46. The first kappa shape index (κ1) is 20.1. The first-order valence-electron chi connectivity index (χ1n) is 8.43. The van der Waals surface area contributed by atoms with Crippen molar-refractivity contribution in [2.45, 2.75) is 70.7 Å². The van der Waals surface area contributed by atoms with Crippen LogP contribution in [0.5, 0.6) is 0 Å². The van der Waals surface area contributed by atoms with Crippen molar-refractivity contribution in [2.24, 2.45) is 5.90 Å². The van der Waals surface area contributed by atoms with Gasteiger partial charge in [0.15, 0.2) is 8.32 Å². The lowest BCUT2D eigenvalue weighted by atomic mass is 10.2. The average molecular weight is 372 g/mol. The minimum Gasteiger partial charge on any atom is -0.411 e. The van der Waals surface area contributed by atoms with Gasteiger partial charge in [-0.1, -0.05) is 20.8 Å². The molecule has 2 rings (SSSR count). The fourth-order valence-corrected chi connectivity index (χ4v) is 3.95. The number of hydrogen-bond donors (Lipinski definition) is 2. The second kappa shape index (κ2) is 7.16. The van der Waals surface area contributed by atoms with Gasteiger partial charge in [-0.25, -0.2) is 10.7 Å². The Labute approximate surface area is 148 Å². The maximum absolute atomic E-state index is 12.1. The van der Waals surface area contributed by atoms with Gasteiger partial charge in [-0.2, -0.15) is 0 Å². The Hall–Kier alpha value is -1.26. The third-order valence-electron chi connectivity index (χ3n) is 5.15. The SMILES string of the molecule is Cc1cn([C@H]2C[C@H](O[Si](C)(C)C(C)(C)C)[C@@H](CON)O2)c(=O)[nH]c1=O. The summed E-state index contributed by atoms with van der Waals surface area (Å²) in [6.45, 7) is 12.6. The predicted molar refractivity (Wildman–Crippen MR) is 96.8 cm³/mol. The van der Waals surface area contributed by atoms with E-state index in [4.69, 9.17) is 19.9 Å². The summed E-state index contributed by atoms with van der Waals surface area (Å²) in [7, 11) is -2.03. The van der Waals surface area contributed by atoms with Gasteiger partial charge in [-0.15, -0.1) is 0 Å². The molecule has 2 heterocycles. The lowest BCUT2D eigenvalue weighted by Gasteiger charge is -2.39. The molecule has 0 spiro atoms. The van der Waals surface area contributed by atoms with Crippen LogP contribution in [0.25, 0.3) is 0 Å². The molecule has 3 N–H and O–H groups in total. The molecule has 1 aliphatic heterocycles. The van der Waals surface area contributed by atoms with Crippen LogP contribution in [0.3, 0.4) is 0 Å². The number of H-pyrrole nitrogens is 1. The second-order valence-electron chi connectivity index (χ2n) is 8.09. The van der Waals surface area contributed by atoms with E-state index < -0.39 is 25.8 Å². The highest BCUT2D eigenvalue weighted by Crippen LogP contribution is 2.40. The normalized spacial score (nSPS) is 24.7. The van der Waals surface area contributed by atoms with Crippen molar-refractivity contribution in [3.63, 3.8) is 0 Å². The molecule has 1 aromatic rings. The van der Waals surface area contributed by atoms with Crippen molar-refractivity contribution in [1.29, 1.82) is 0 Å². The standard InChI is InChI=1S/C16H29N3O5Si/c1-10-8-19(15(21)18-14(10)20)13-7-11(12(23-13)9-22-17)24-25(5,6)16(2,3)4/h8,11-13H,7,9,17H2,1-6H3,(H,18,20,21)/t11-,12+,13+/m0/s1. The number of nitrogens with zero attached hydrogens (tertiary/aromatic N) is 1. The maximum atomic E-state index is 12.1. The van der Waals surface area contributed by atoms with E-state index in [1.54, 1.807) is 6.92 Å². The molecule has 1 aliphatic rings. The fourth-order valence-electron chi connectivity index (χ4n) is 2.60. The van der Waals surface area contributed by atoms with Gasteiger partial charge in [-0.3, -0.25) is 14.3 Å².